The molecule has 9 heteroatoms. The SMILES string of the molecule is C=N/C(CNC)=N\OC(=O)N(C)Cc1ccc(CN2CCCC2)cc1.CC.COC1C=C(C)C(S)C(C)C1. The number of carbonyl (C=O) groups is 1. The van der Waals surface area contributed by atoms with Crippen molar-refractivity contribution in [2.24, 2.45) is 16.1 Å². The molecule has 1 aromatic rings. The molecule has 1 fully saturated rings. The van der Waals surface area contributed by atoms with Gasteiger partial charge in [0.1, 0.15) is 0 Å². The van der Waals surface area contributed by atoms with Crippen molar-refractivity contribution in [2.45, 2.75) is 71.4 Å². The van der Waals surface area contributed by atoms with Crippen LogP contribution in [0, 0.1) is 5.92 Å². The van der Waals surface area contributed by atoms with Crippen LogP contribution < -0.4 is 5.32 Å². The summed E-state index contributed by atoms with van der Waals surface area (Å²) in [6.45, 7) is 15.9. The Morgan fingerprint density at radius 2 is 1.82 bits per heavy atom. The second-order valence-corrected chi connectivity index (χ2v) is 10.1. The molecule has 2 aliphatic rings. The predicted octanol–water partition coefficient (Wildman–Crippen LogP) is 5.40. The lowest BCUT2D eigenvalue weighted by Crippen LogP contribution is -2.26. The molecule has 1 heterocycles. The molecule has 0 spiro atoms. The molecular formula is C29H49N5O3S. The van der Waals surface area contributed by atoms with Crippen molar-refractivity contribution in [3.8, 4) is 0 Å². The molecule has 1 aromatic carbocycles. The van der Waals surface area contributed by atoms with E-state index in [1.165, 1.54) is 42.0 Å². The number of amides is 1. The normalized spacial score (nSPS) is 21.3. The number of ether oxygens (including phenoxy) is 1. The number of likely N-dealkylation sites (N-methyl/N-ethyl adjacent to an activating group) is 1. The molecule has 1 aliphatic carbocycles. The summed E-state index contributed by atoms with van der Waals surface area (Å²) < 4.78 is 5.27. The summed E-state index contributed by atoms with van der Waals surface area (Å²) in [6, 6.07) is 8.35. The minimum absolute atomic E-state index is 0.313. The summed E-state index contributed by atoms with van der Waals surface area (Å²) in [6.07, 6.45) is 5.65. The number of carbonyl (C=O) groups excluding carboxylic acids is 1. The number of hydrogen-bond donors (Lipinski definition) is 2. The molecule has 0 aromatic heterocycles. The van der Waals surface area contributed by atoms with Gasteiger partial charge in [-0.05, 0) is 70.1 Å². The van der Waals surface area contributed by atoms with E-state index in [2.05, 4.69) is 83.9 Å². The van der Waals surface area contributed by atoms with Crippen LogP contribution in [0.1, 0.15) is 58.1 Å². The maximum atomic E-state index is 12.0. The van der Waals surface area contributed by atoms with Crippen LogP contribution in [0.3, 0.4) is 0 Å². The Labute approximate surface area is 235 Å². The maximum Gasteiger partial charge on any atom is 0.436 e. The standard InChI is InChI=1S/C18H27N5O2.C9H16OS.C2H6/c1-19-12-17(20-2)21-25-18(24)22(3)13-15-6-8-16(9-7-15)14-23-10-4-5-11-23;1-6-4-8(10-3)5-7(2)9(6)11;1-2/h6-9,19H,2,4-5,10-14H2,1,3H3;4,7-9,11H,5H2,1-3H3;1-2H3/b21-17-;;. The van der Waals surface area contributed by atoms with Crippen molar-refractivity contribution >= 4 is 31.3 Å². The highest BCUT2D eigenvalue weighted by Crippen LogP contribution is 2.29. The van der Waals surface area contributed by atoms with Crippen molar-refractivity contribution in [2.75, 3.05) is 40.8 Å². The zero-order valence-corrected chi connectivity index (χ0v) is 25.3. The van der Waals surface area contributed by atoms with Crippen LogP contribution in [0.4, 0.5) is 4.79 Å². The number of likely N-dealkylation sites (tertiary alicyclic amines) is 1. The van der Waals surface area contributed by atoms with Crippen molar-refractivity contribution < 1.29 is 14.4 Å². The van der Waals surface area contributed by atoms with Gasteiger partial charge in [-0.15, -0.1) is 0 Å². The van der Waals surface area contributed by atoms with Crippen molar-refractivity contribution in [1.29, 1.82) is 0 Å². The number of aliphatic imine (C=N–C) groups is 1. The zero-order chi connectivity index (χ0) is 28.5. The summed E-state index contributed by atoms with van der Waals surface area (Å²) >= 11 is 4.51. The Kier molecular flexibility index (Phi) is 16.9. The Morgan fingerprint density at radius 3 is 2.34 bits per heavy atom. The number of benzene rings is 1. The third kappa shape index (κ3) is 12.1. The Bertz CT molecular complexity index is 885. The van der Waals surface area contributed by atoms with Crippen LogP contribution in [0.5, 0.6) is 0 Å². The molecule has 0 saturated carbocycles. The van der Waals surface area contributed by atoms with Gasteiger partial charge in [0.2, 0.25) is 0 Å². The molecule has 1 amide bonds. The summed E-state index contributed by atoms with van der Waals surface area (Å²) in [7, 11) is 5.19. The maximum absolute atomic E-state index is 12.0. The van der Waals surface area contributed by atoms with E-state index in [1.54, 1.807) is 21.2 Å². The average molecular weight is 548 g/mol. The topological polar surface area (TPSA) is 78.8 Å². The van der Waals surface area contributed by atoms with Crippen molar-refractivity contribution in [3.05, 3.63) is 47.0 Å². The number of nitrogens with zero attached hydrogens (tertiary/aromatic N) is 4. The van der Waals surface area contributed by atoms with Gasteiger partial charge in [0.25, 0.3) is 0 Å². The van der Waals surface area contributed by atoms with Crippen LogP contribution in [-0.2, 0) is 22.7 Å². The summed E-state index contributed by atoms with van der Waals surface area (Å²) in [5.74, 6) is 0.962. The fourth-order valence-corrected chi connectivity index (χ4v) is 4.50. The average Bonchev–Trinajstić information content (AvgIpc) is 3.44. The minimum atomic E-state index is -0.529. The van der Waals surface area contributed by atoms with Crippen LogP contribution in [0.15, 0.2) is 46.1 Å². The van der Waals surface area contributed by atoms with E-state index in [1.807, 2.05) is 13.8 Å². The number of thiol groups is 1. The van der Waals surface area contributed by atoms with Gasteiger partial charge in [0.15, 0.2) is 5.84 Å². The van der Waals surface area contributed by atoms with Gasteiger partial charge in [0, 0.05) is 32.5 Å². The second kappa shape index (κ2) is 19.0. The van der Waals surface area contributed by atoms with Gasteiger partial charge < -0.3 is 15.0 Å². The van der Waals surface area contributed by atoms with Crippen molar-refractivity contribution in [3.63, 3.8) is 0 Å². The summed E-state index contributed by atoms with van der Waals surface area (Å²) in [5.41, 5.74) is 3.69. The molecular weight excluding hydrogens is 498 g/mol. The molecule has 214 valence electrons. The van der Waals surface area contributed by atoms with Crippen LogP contribution in [0.25, 0.3) is 0 Å². The number of methoxy groups -OCH3 is 1. The molecule has 1 saturated heterocycles. The first-order valence-corrected chi connectivity index (χ1v) is 14.1. The number of hydrogen-bond acceptors (Lipinski definition) is 7. The lowest BCUT2D eigenvalue weighted by molar-refractivity contribution is 0.112. The van der Waals surface area contributed by atoms with Gasteiger partial charge in [-0.3, -0.25) is 9.74 Å². The summed E-state index contributed by atoms with van der Waals surface area (Å²) in [5, 5.41) is 7.00. The third-order valence-corrected chi connectivity index (χ3v) is 7.38. The molecule has 0 radical (unpaired) electrons. The largest absolute Gasteiger partial charge is 0.436 e. The minimum Gasteiger partial charge on any atom is -0.377 e. The number of nitrogens with one attached hydrogen (secondary N) is 1. The van der Waals surface area contributed by atoms with Gasteiger partial charge in [-0.1, -0.05) is 61.8 Å². The number of rotatable bonds is 8. The van der Waals surface area contributed by atoms with E-state index in [4.69, 9.17) is 9.57 Å². The Hall–Kier alpha value is -2.20. The highest BCUT2D eigenvalue weighted by molar-refractivity contribution is 7.81. The quantitative estimate of drug-likeness (QED) is 0.114. The van der Waals surface area contributed by atoms with Crippen LogP contribution in [0.2, 0.25) is 0 Å². The second-order valence-electron chi connectivity index (χ2n) is 9.55. The Balaban J connectivity index is 0.000000463. The molecule has 8 nitrogen and oxygen atoms in total. The van der Waals surface area contributed by atoms with E-state index >= 15 is 0 Å². The van der Waals surface area contributed by atoms with Gasteiger partial charge in [-0.25, -0.2) is 9.79 Å². The van der Waals surface area contributed by atoms with Crippen LogP contribution in [-0.4, -0.2) is 80.6 Å². The Morgan fingerprint density at radius 1 is 1.21 bits per heavy atom. The molecule has 1 aliphatic heterocycles. The van der Waals surface area contributed by atoms with Gasteiger partial charge in [0.05, 0.1) is 12.6 Å². The fourth-order valence-electron chi connectivity index (χ4n) is 4.29. The van der Waals surface area contributed by atoms with E-state index in [9.17, 15) is 4.79 Å². The van der Waals surface area contributed by atoms with E-state index in [0.29, 0.717) is 36.2 Å². The zero-order valence-electron chi connectivity index (χ0n) is 24.4. The molecule has 3 rings (SSSR count). The predicted molar refractivity (Wildman–Crippen MR) is 162 cm³/mol. The number of amidine groups is 1. The van der Waals surface area contributed by atoms with E-state index in [-0.39, 0.29) is 0 Å². The molecule has 1 N–H and O–H groups in total. The number of oxime groups is 1. The molecule has 3 atom stereocenters. The van der Waals surface area contributed by atoms with Gasteiger partial charge in [-0.2, -0.15) is 12.6 Å². The highest BCUT2D eigenvalue weighted by Gasteiger charge is 2.24. The summed E-state index contributed by atoms with van der Waals surface area (Å²) in [4.78, 5) is 24.5. The highest BCUT2D eigenvalue weighted by atomic mass is 32.1. The monoisotopic (exact) mass is 547 g/mol. The van der Waals surface area contributed by atoms with E-state index < -0.39 is 6.09 Å². The molecule has 0 bridgehead atoms. The van der Waals surface area contributed by atoms with E-state index in [0.717, 1.165) is 18.5 Å². The van der Waals surface area contributed by atoms with Crippen molar-refractivity contribution in [1.82, 2.24) is 15.1 Å². The first-order valence-electron chi connectivity index (χ1n) is 13.6. The smallest absolute Gasteiger partial charge is 0.377 e. The lowest BCUT2D eigenvalue weighted by Gasteiger charge is -2.29. The molecule has 3 unspecified atom stereocenters. The third-order valence-electron chi connectivity index (χ3n) is 6.47. The lowest BCUT2D eigenvalue weighted by atomic mass is 9.89. The first kappa shape index (κ1) is 33.8. The van der Waals surface area contributed by atoms with Gasteiger partial charge >= 0.3 is 6.09 Å². The first-order chi connectivity index (χ1) is 18.3. The van der Waals surface area contributed by atoms with Crippen LogP contribution >= 0.6 is 12.6 Å². The molecule has 38 heavy (non-hydrogen) atoms. The fraction of sp³-hybridized carbons (Fsp3) is 0.621.